The molecular weight excluding hydrogens is 258 g/mol. The largest absolute Gasteiger partial charge is 0.372 e. The molecule has 1 heterocycles. The molecule has 0 aliphatic carbocycles. The van der Waals surface area contributed by atoms with E-state index in [0.717, 1.165) is 13.2 Å². The Hall–Kier alpha value is -0.570. The second-order valence-electron chi connectivity index (χ2n) is 5.63. The van der Waals surface area contributed by atoms with Crippen LogP contribution in [0, 0.1) is 5.92 Å². The van der Waals surface area contributed by atoms with E-state index in [-0.39, 0.29) is 18.5 Å². The second kappa shape index (κ2) is 8.57. The second-order valence-corrected chi connectivity index (χ2v) is 5.63. The van der Waals surface area contributed by atoms with Crippen LogP contribution in [0.4, 0.5) is 0 Å². The van der Waals surface area contributed by atoms with Crippen molar-refractivity contribution in [3.63, 3.8) is 0 Å². The van der Waals surface area contributed by atoms with Crippen LogP contribution in [0.25, 0.3) is 0 Å². The SMILES string of the molecule is CC(C)COC(CN1CCCC1)c1ccccc1.Cl. The molecule has 1 aliphatic heterocycles. The van der Waals surface area contributed by atoms with Gasteiger partial charge >= 0.3 is 0 Å². The van der Waals surface area contributed by atoms with E-state index in [2.05, 4.69) is 49.1 Å². The van der Waals surface area contributed by atoms with E-state index < -0.39 is 0 Å². The fourth-order valence-corrected chi connectivity index (χ4v) is 2.43. The summed E-state index contributed by atoms with van der Waals surface area (Å²) >= 11 is 0. The number of likely N-dealkylation sites (tertiary alicyclic amines) is 1. The van der Waals surface area contributed by atoms with Gasteiger partial charge in [-0.25, -0.2) is 0 Å². The summed E-state index contributed by atoms with van der Waals surface area (Å²) in [6.45, 7) is 8.75. The quantitative estimate of drug-likeness (QED) is 0.785. The Bertz CT molecular complexity index is 336. The van der Waals surface area contributed by atoms with Gasteiger partial charge in [0.1, 0.15) is 0 Å². The van der Waals surface area contributed by atoms with Gasteiger partial charge in [0.25, 0.3) is 0 Å². The first-order valence-electron chi connectivity index (χ1n) is 7.14. The van der Waals surface area contributed by atoms with Gasteiger partial charge in [-0.1, -0.05) is 44.2 Å². The highest BCUT2D eigenvalue weighted by Crippen LogP contribution is 2.21. The van der Waals surface area contributed by atoms with Crippen LogP contribution in [-0.4, -0.2) is 31.1 Å². The van der Waals surface area contributed by atoms with Crippen molar-refractivity contribution in [2.75, 3.05) is 26.2 Å². The lowest BCUT2D eigenvalue weighted by molar-refractivity contribution is 0.0151. The molecule has 1 unspecified atom stereocenters. The van der Waals surface area contributed by atoms with E-state index in [1.165, 1.54) is 31.5 Å². The molecule has 3 heteroatoms. The molecule has 0 saturated carbocycles. The third-order valence-electron chi connectivity index (χ3n) is 3.42. The molecule has 0 radical (unpaired) electrons. The zero-order valence-corrected chi connectivity index (χ0v) is 12.9. The molecule has 0 aromatic heterocycles. The van der Waals surface area contributed by atoms with Crippen molar-refractivity contribution in [3.05, 3.63) is 35.9 Å². The Morgan fingerprint density at radius 3 is 2.32 bits per heavy atom. The van der Waals surface area contributed by atoms with Crippen LogP contribution in [0.15, 0.2) is 30.3 Å². The monoisotopic (exact) mass is 283 g/mol. The highest BCUT2D eigenvalue weighted by molar-refractivity contribution is 5.85. The lowest BCUT2D eigenvalue weighted by Crippen LogP contribution is -2.27. The summed E-state index contributed by atoms with van der Waals surface area (Å²) < 4.78 is 6.11. The maximum atomic E-state index is 6.11. The topological polar surface area (TPSA) is 12.5 Å². The molecule has 1 atom stereocenters. The van der Waals surface area contributed by atoms with Crippen molar-refractivity contribution in [1.82, 2.24) is 4.90 Å². The van der Waals surface area contributed by atoms with Gasteiger partial charge in [0.15, 0.2) is 0 Å². The predicted molar refractivity (Wildman–Crippen MR) is 82.9 cm³/mol. The average molecular weight is 284 g/mol. The molecule has 1 aromatic carbocycles. The summed E-state index contributed by atoms with van der Waals surface area (Å²) in [5, 5.41) is 0. The smallest absolute Gasteiger partial charge is 0.0951 e. The molecule has 0 N–H and O–H groups in total. The zero-order valence-electron chi connectivity index (χ0n) is 12.0. The predicted octanol–water partition coefficient (Wildman–Crippen LogP) is 3.92. The molecule has 1 saturated heterocycles. The van der Waals surface area contributed by atoms with Crippen LogP contribution in [0.1, 0.15) is 38.4 Å². The molecule has 2 rings (SSSR count). The molecule has 0 spiro atoms. The minimum absolute atomic E-state index is 0. The molecule has 2 nitrogen and oxygen atoms in total. The van der Waals surface area contributed by atoms with Crippen LogP contribution >= 0.6 is 12.4 Å². The fraction of sp³-hybridized carbons (Fsp3) is 0.625. The average Bonchev–Trinajstić information content (AvgIpc) is 2.88. The summed E-state index contributed by atoms with van der Waals surface area (Å²) in [6.07, 6.45) is 2.91. The highest BCUT2D eigenvalue weighted by Gasteiger charge is 2.19. The third-order valence-corrected chi connectivity index (χ3v) is 3.42. The maximum absolute atomic E-state index is 6.11. The number of hydrogen-bond donors (Lipinski definition) is 0. The van der Waals surface area contributed by atoms with Crippen molar-refractivity contribution in [2.45, 2.75) is 32.8 Å². The summed E-state index contributed by atoms with van der Waals surface area (Å²) in [5.41, 5.74) is 1.31. The Balaban J connectivity index is 0.00000180. The van der Waals surface area contributed by atoms with E-state index >= 15 is 0 Å². The van der Waals surface area contributed by atoms with E-state index in [1.807, 2.05) is 0 Å². The van der Waals surface area contributed by atoms with Crippen molar-refractivity contribution in [3.8, 4) is 0 Å². The van der Waals surface area contributed by atoms with E-state index in [1.54, 1.807) is 0 Å². The standard InChI is InChI=1S/C16H25NO.ClH/c1-14(2)13-18-16(12-17-10-6-7-11-17)15-8-4-3-5-9-15;/h3-5,8-9,14,16H,6-7,10-13H2,1-2H3;1H. The van der Waals surface area contributed by atoms with Gasteiger partial charge in [0.05, 0.1) is 6.10 Å². The zero-order chi connectivity index (χ0) is 12.8. The van der Waals surface area contributed by atoms with Crippen LogP contribution in [0.2, 0.25) is 0 Å². The lowest BCUT2D eigenvalue weighted by Gasteiger charge is -2.25. The third kappa shape index (κ3) is 5.52. The van der Waals surface area contributed by atoms with Crippen LogP contribution < -0.4 is 0 Å². The molecule has 108 valence electrons. The number of benzene rings is 1. The van der Waals surface area contributed by atoms with Crippen molar-refractivity contribution >= 4 is 12.4 Å². The molecular formula is C16H26ClNO. The number of ether oxygens (including phenoxy) is 1. The Labute approximate surface area is 123 Å². The Morgan fingerprint density at radius 1 is 1.11 bits per heavy atom. The van der Waals surface area contributed by atoms with Crippen LogP contribution in [0.3, 0.4) is 0 Å². The van der Waals surface area contributed by atoms with Crippen molar-refractivity contribution < 1.29 is 4.74 Å². The van der Waals surface area contributed by atoms with E-state index in [4.69, 9.17) is 4.74 Å². The summed E-state index contributed by atoms with van der Waals surface area (Å²) in [5.74, 6) is 0.592. The van der Waals surface area contributed by atoms with Crippen molar-refractivity contribution in [2.24, 2.45) is 5.92 Å². The minimum Gasteiger partial charge on any atom is -0.372 e. The number of hydrogen-bond acceptors (Lipinski definition) is 2. The Kier molecular flexibility index (Phi) is 7.44. The first kappa shape index (κ1) is 16.5. The normalized spacial score (nSPS) is 17.4. The summed E-state index contributed by atoms with van der Waals surface area (Å²) in [4.78, 5) is 2.53. The molecule has 0 bridgehead atoms. The van der Waals surface area contributed by atoms with Gasteiger partial charge in [-0.2, -0.15) is 0 Å². The molecule has 0 amide bonds. The van der Waals surface area contributed by atoms with Crippen molar-refractivity contribution in [1.29, 1.82) is 0 Å². The molecule has 1 fully saturated rings. The first-order valence-corrected chi connectivity index (χ1v) is 7.14. The molecule has 1 aliphatic rings. The lowest BCUT2D eigenvalue weighted by atomic mass is 10.1. The van der Waals surface area contributed by atoms with Gasteiger partial charge in [-0.3, -0.25) is 0 Å². The first-order chi connectivity index (χ1) is 8.75. The van der Waals surface area contributed by atoms with Gasteiger partial charge in [0, 0.05) is 13.2 Å². The summed E-state index contributed by atoms with van der Waals surface area (Å²) in [7, 11) is 0. The van der Waals surface area contributed by atoms with Gasteiger partial charge in [-0.05, 0) is 37.4 Å². The number of rotatable bonds is 6. The molecule has 1 aromatic rings. The minimum atomic E-state index is 0. The van der Waals surface area contributed by atoms with Crippen LogP contribution in [0.5, 0.6) is 0 Å². The van der Waals surface area contributed by atoms with Gasteiger partial charge < -0.3 is 9.64 Å². The molecule has 19 heavy (non-hydrogen) atoms. The van der Waals surface area contributed by atoms with Gasteiger partial charge in [0.2, 0.25) is 0 Å². The van der Waals surface area contributed by atoms with Crippen LogP contribution in [-0.2, 0) is 4.74 Å². The maximum Gasteiger partial charge on any atom is 0.0951 e. The number of nitrogens with zero attached hydrogens (tertiary/aromatic N) is 1. The summed E-state index contributed by atoms with van der Waals surface area (Å²) in [6, 6.07) is 10.6. The van der Waals surface area contributed by atoms with E-state index in [0.29, 0.717) is 5.92 Å². The van der Waals surface area contributed by atoms with E-state index in [9.17, 15) is 0 Å². The number of halogens is 1. The van der Waals surface area contributed by atoms with Gasteiger partial charge in [-0.15, -0.1) is 12.4 Å². The highest BCUT2D eigenvalue weighted by atomic mass is 35.5. The Morgan fingerprint density at radius 2 is 1.74 bits per heavy atom. The fourth-order valence-electron chi connectivity index (χ4n) is 2.43.